The number of alkyl carbamates (subject to hydrolysis) is 1. The molecule has 0 bridgehead atoms. The van der Waals surface area contributed by atoms with Crippen LogP contribution < -0.4 is 10.1 Å². The molecule has 28 heavy (non-hydrogen) atoms. The zero-order valence-corrected chi connectivity index (χ0v) is 16.8. The Kier molecular flexibility index (Phi) is 7.66. The molecule has 1 aromatic rings. The molecule has 8 heteroatoms. The van der Waals surface area contributed by atoms with Gasteiger partial charge in [0, 0.05) is 26.2 Å². The minimum atomic E-state index is -0.618. The Morgan fingerprint density at radius 1 is 0.964 bits per heavy atom. The van der Waals surface area contributed by atoms with Crippen molar-refractivity contribution in [1.82, 2.24) is 15.1 Å². The fourth-order valence-corrected chi connectivity index (χ4v) is 2.71. The van der Waals surface area contributed by atoms with Crippen LogP contribution in [0.25, 0.3) is 0 Å². The van der Waals surface area contributed by atoms with Crippen LogP contribution in [0.15, 0.2) is 30.3 Å². The van der Waals surface area contributed by atoms with Crippen LogP contribution in [-0.2, 0) is 14.3 Å². The minimum absolute atomic E-state index is 0.00918. The minimum Gasteiger partial charge on any atom is -0.493 e. The highest BCUT2D eigenvalue weighted by Gasteiger charge is 2.24. The number of para-hydroxylation sites is 1. The van der Waals surface area contributed by atoms with Gasteiger partial charge >= 0.3 is 6.09 Å². The normalized spacial score (nSPS) is 14.4. The lowest BCUT2D eigenvalue weighted by atomic mass is 10.2. The van der Waals surface area contributed by atoms with Crippen LogP contribution in [0.1, 0.15) is 27.2 Å². The molecule has 1 aliphatic rings. The molecule has 0 saturated carbocycles. The number of carbonyl (C=O) groups is 3. The quantitative estimate of drug-likeness (QED) is 0.797. The standard InChI is InChI=1S/C20H29N3O5/c1-20(2,3)28-19(26)21-15-18(25)23-12-10-22(11-13-23)17(24)9-14-27-16-7-5-4-6-8-16/h4-8H,9-15H2,1-3H3,(H,21,26). The summed E-state index contributed by atoms with van der Waals surface area (Å²) in [5.41, 5.74) is -0.608. The summed E-state index contributed by atoms with van der Waals surface area (Å²) in [5.74, 6) is 0.559. The van der Waals surface area contributed by atoms with Gasteiger partial charge in [-0.2, -0.15) is 0 Å². The van der Waals surface area contributed by atoms with E-state index in [2.05, 4.69) is 5.32 Å². The van der Waals surface area contributed by atoms with E-state index in [9.17, 15) is 14.4 Å². The molecule has 0 unspecified atom stereocenters. The molecule has 2 rings (SSSR count). The molecule has 154 valence electrons. The molecular weight excluding hydrogens is 362 g/mol. The van der Waals surface area contributed by atoms with Crippen molar-refractivity contribution in [3.05, 3.63) is 30.3 Å². The predicted molar refractivity (Wildman–Crippen MR) is 104 cm³/mol. The van der Waals surface area contributed by atoms with Crippen LogP contribution >= 0.6 is 0 Å². The summed E-state index contributed by atoms with van der Waals surface area (Å²) >= 11 is 0. The van der Waals surface area contributed by atoms with Gasteiger partial charge < -0.3 is 24.6 Å². The van der Waals surface area contributed by atoms with Gasteiger partial charge in [-0.15, -0.1) is 0 Å². The average Bonchev–Trinajstić information content (AvgIpc) is 2.65. The van der Waals surface area contributed by atoms with Gasteiger partial charge in [0.05, 0.1) is 13.0 Å². The van der Waals surface area contributed by atoms with Crippen LogP contribution in [0.3, 0.4) is 0 Å². The number of hydrogen-bond acceptors (Lipinski definition) is 5. The van der Waals surface area contributed by atoms with Crippen molar-refractivity contribution < 1.29 is 23.9 Å². The molecule has 1 fully saturated rings. The van der Waals surface area contributed by atoms with E-state index in [0.29, 0.717) is 39.2 Å². The summed E-state index contributed by atoms with van der Waals surface area (Å²) in [5, 5.41) is 2.46. The van der Waals surface area contributed by atoms with Gasteiger partial charge in [0.25, 0.3) is 0 Å². The molecule has 0 aromatic heterocycles. The van der Waals surface area contributed by atoms with E-state index in [4.69, 9.17) is 9.47 Å². The molecule has 1 saturated heterocycles. The van der Waals surface area contributed by atoms with Crippen molar-refractivity contribution in [3.8, 4) is 5.75 Å². The van der Waals surface area contributed by atoms with Gasteiger partial charge in [-0.05, 0) is 32.9 Å². The van der Waals surface area contributed by atoms with Gasteiger partial charge in [-0.25, -0.2) is 4.79 Å². The Hall–Kier alpha value is -2.77. The molecule has 1 N–H and O–H groups in total. The second kappa shape index (κ2) is 9.96. The van der Waals surface area contributed by atoms with Gasteiger partial charge in [0.1, 0.15) is 17.9 Å². The number of rotatable bonds is 6. The van der Waals surface area contributed by atoms with Crippen molar-refractivity contribution in [2.75, 3.05) is 39.3 Å². The SMILES string of the molecule is CC(C)(C)OC(=O)NCC(=O)N1CCN(C(=O)CCOc2ccccc2)CC1. The lowest BCUT2D eigenvalue weighted by Crippen LogP contribution is -2.52. The Morgan fingerprint density at radius 3 is 2.11 bits per heavy atom. The van der Waals surface area contributed by atoms with Crippen molar-refractivity contribution in [2.45, 2.75) is 32.8 Å². The van der Waals surface area contributed by atoms with Crippen LogP contribution in [0.2, 0.25) is 0 Å². The topological polar surface area (TPSA) is 88.2 Å². The maximum absolute atomic E-state index is 12.3. The van der Waals surface area contributed by atoms with E-state index in [0.717, 1.165) is 5.75 Å². The maximum Gasteiger partial charge on any atom is 0.408 e. The number of piperazine rings is 1. The third kappa shape index (κ3) is 7.46. The molecule has 0 atom stereocenters. The lowest BCUT2D eigenvalue weighted by molar-refractivity contribution is -0.139. The third-order valence-corrected chi connectivity index (χ3v) is 4.10. The summed E-state index contributed by atoms with van der Waals surface area (Å²) < 4.78 is 10.7. The molecule has 3 amide bonds. The highest BCUT2D eigenvalue weighted by Crippen LogP contribution is 2.10. The highest BCUT2D eigenvalue weighted by atomic mass is 16.6. The molecule has 1 aliphatic heterocycles. The summed E-state index contributed by atoms with van der Waals surface area (Å²) in [6, 6.07) is 9.36. The zero-order chi connectivity index (χ0) is 20.6. The largest absolute Gasteiger partial charge is 0.493 e. The molecular formula is C20H29N3O5. The van der Waals surface area contributed by atoms with Crippen LogP contribution in [0.5, 0.6) is 5.75 Å². The van der Waals surface area contributed by atoms with Crippen LogP contribution in [0, 0.1) is 0 Å². The first kappa shape index (κ1) is 21.5. The van der Waals surface area contributed by atoms with Crippen LogP contribution in [0.4, 0.5) is 4.79 Å². The maximum atomic E-state index is 12.3. The number of carbonyl (C=O) groups excluding carboxylic acids is 3. The van der Waals surface area contributed by atoms with E-state index in [-0.39, 0.29) is 18.4 Å². The second-order valence-electron chi connectivity index (χ2n) is 7.53. The van der Waals surface area contributed by atoms with Gasteiger partial charge in [-0.3, -0.25) is 9.59 Å². The average molecular weight is 391 g/mol. The van der Waals surface area contributed by atoms with Crippen molar-refractivity contribution in [2.24, 2.45) is 0 Å². The monoisotopic (exact) mass is 391 g/mol. The van der Waals surface area contributed by atoms with Gasteiger partial charge in [0.15, 0.2) is 0 Å². The number of ether oxygens (including phenoxy) is 2. The Labute approximate surface area is 165 Å². The van der Waals surface area contributed by atoms with E-state index in [1.54, 1.807) is 30.6 Å². The lowest BCUT2D eigenvalue weighted by Gasteiger charge is -2.35. The Bertz CT molecular complexity index is 664. The Morgan fingerprint density at radius 2 is 1.54 bits per heavy atom. The summed E-state index contributed by atoms with van der Waals surface area (Å²) in [6.45, 7) is 7.32. The van der Waals surface area contributed by atoms with Crippen molar-refractivity contribution >= 4 is 17.9 Å². The van der Waals surface area contributed by atoms with E-state index in [1.807, 2.05) is 30.3 Å². The fraction of sp³-hybridized carbons (Fsp3) is 0.550. The van der Waals surface area contributed by atoms with Crippen LogP contribution in [-0.4, -0.2) is 72.6 Å². The number of hydrogen-bond donors (Lipinski definition) is 1. The van der Waals surface area contributed by atoms with Crippen molar-refractivity contribution in [3.63, 3.8) is 0 Å². The molecule has 1 heterocycles. The summed E-state index contributed by atoms with van der Waals surface area (Å²) in [4.78, 5) is 39.5. The van der Waals surface area contributed by atoms with E-state index >= 15 is 0 Å². The van der Waals surface area contributed by atoms with Crippen molar-refractivity contribution in [1.29, 1.82) is 0 Å². The molecule has 0 aliphatic carbocycles. The molecule has 0 radical (unpaired) electrons. The van der Waals surface area contributed by atoms with Gasteiger partial charge in [-0.1, -0.05) is 18.2 Å². The smallest absolute Gasteiger partial charge is 0.408 e. The van der Waals surface area contributed by atoms with E-state index in [1.165, 1.54) is 0 Å². The zero-order valence-electron chi connectivity index (χ0n) is 16.8. The first-order chi connectivity index (χ1) is 13.2. The number of benzene rings is 1. The third-order valence-electron chi connectivity index (χ3n) is 4.10. The number of nitrogens with one attached hydrogen (secondary N) is 1. The number of amides is 3. The van der Waals surface area contributed by atoms with Gasteiger partial charge in [0.2, 0.25) is 11.8 Å². The number of nitrogens with zero attached hydrogens (tertiary/aromatic N) is 2. The second-order valence-corrected chi connectivity index (χ2v) is 7.53. The summed E-state index contributed by atoms with van der Waals surface area (Å²) in [6.07, 6.45) is -0.323. The van der Waals surface area contributed by atoms with E-state index < -0.39 is 11.7 Å². The fourth-order valence-electron chi connectivity index (χ4n) is 2.71. The summed E-state index contributed by atoms with van der Waals surface area (Å²) in [7, 11) is 0. The predicted octanol–water partition coefficient (Wildman–Crippen LogP) is 1.65. The molecule has 0 spiro atoms. The first-order valence-electron chi connectivity index (χ1n) is 9.45. The highest BCUT2D eigenvalue weighted by molar-refractivity contribution is 5.83. The molecule has 1 aromatic carbocycles. The Balaban J connectivity index is 1.65. The molecule has 8 nitrogen and oxygen atoms in total. The first-order valence-corrected chi connectivity index (χ1v) is 9.45.